The largest absolute Gasteiger partial charge is 0.474 e. The van der Waals surface area contributed by atoms with Crippen LogP contribution in [0.5, 0.6) is 0 Å². The highest BCUT2D eigenvalue weighted by molar-refractivity contribution is 6.35. The molecule has 0 saturated heterocycles. The second kappa shape index (κ2) is 7.54. The minimum Gasteiger partial charge on any atom is -0.474 e. The molecule has 0 radical (unpaired) electrons. The van der Waals surface area contributed by atoms with E-state index in [0.717, 1.165) is 6.07 Å². The summed E-state index contributed by atoms with van der Waals surface area (Å²) in [5, 5.41) is 12.3. The van der Waals surface area contributed by atoms with Gasteiger partial charge in [0.15, 0.2) is 5.78 Å². The van der Waals surface area contributed by atoms with Crippen molar-refractivity contribution >= 4 is 41.0 Å². The van der Waals surface area contributed by atoms with Crippen LogP contribution in [0.2, 0.25) is 5.02 Å². The van der Waals surface area contributed by atoms with Crippen LogP contribution < -0.4 is 10.6 Å². The molecule has 2 rings (SSSR count). The van der Waals surface area contributed by atoms with E-state index >= 15 is 0 Å². The van der Waals surface area contributed by atoms with Crippen molar-refractivity contribution in [1.82, 2.24) is 5.32 Å². The van der Waals surface area contributed by atoms with Gasteiger partial charge in [0.1, 0.15) is 5.82 Å². The van der Waals surface area contributed by atoms with E-state index in [1.54, 1.807) is 5.32 Å². The standard InChI is InChI=1S/C16H10ClFN2O5/c17-8-5-6-12(19-16(25)20-14(22)15(23)24)10(7-8)13(21)9-3-1-2-4-11(9)18/h1-7H,(H,23,24)(H2,19,20,22,25). The molecule has 3 N–H and O–H groups in total. The lowest BCUT2D eigenvalue weighted by Gasteiger charge is -2.11. The number of urea groups is 1. The normalized spacial score (nSPS) is 10.0. The Kier molecular flexibility index (Phi) is 5.45. The number of carboxylic acids is 1. The first-order chi connectivity index (χ1) is 11.8. The molecule has 0 fully saturated rings. The van der Waals surface area contributed by atoms with Gasteiger partial charge in [-0.2, -0.15) is 0 Å². The van der Waals surface area contributed by atoms with Crippen molar-refractivity contribution in [3.63, 3.8) is 0 Å². The lowest BCUT2D eigenvalue weighted by molar-refractivity contribution is -0.149. The zero-order valence-electron chi connectivity index (χ0n) is 12.4. The van der Waals surface area contributed by atoms with Crippen molar-refractivity contribution < 1.29 is 28.7 Å². The van der Waals surface area contributed by atoms with Gasteiger partial charge in [-0.3, -0.25) is 14.9 Å². The molecule has 0 aliphatic heterocycles. The average molecular weight is 365 g/mol. The molecule has 0 aliphatic rings. The molecule has 3 amide bonds. The van der Waals surface area contributed by atoms with E-state index in [9.17, 15) is 23.6 Å². The van der Waals surface area contributed by atoms with Crippen molar-refractivity contribution in [3.8, 4) is 0 Å². The molecule has 2 aromatic rings. The van der Waals surface area contributed by atoms with E-state index < -0.39 is 29.5 Å². The summed E-state index contributed by atoms with van der Waals surface area (Å²) in [6, 6.07) is 7.90. The predicted molar refractivity (Wildman–Crippen MR) is 86.1 cm³/mol. The van der Waals surface area contributed by atoms with Crippen LogP contribution in [-0.2, 0) is 9.59 Å². The number of benzene rings is 2. The number of nitrogens with one attached hydrogen (secondary N) is 2. The molecule has 0 bridgehead atoms. The molecular weight excluding hydrogens is 355 g/mol. The maximum atomic E-state index is 13.8. The monoisotopic (exact) mass is 364 g/mol. The number of halogens is 2. The number of imide groups is 1. The Morgan fingerprint density at radius 2 is 1.68 bits per heavy atom. The van der Waals surface area contributed by atoms with Crippen LogP contribution in [0, 0.1) is 5.82 Å². The lowest BCUT2D eigenvalue weighted by atomic mass is 10.0. The van der Waals surface area contributed by atoms with Crippen molar-refractivity contribution in [2.75, 3.05) is 5.32 Å². The molecule has 9 heteroatoms. The zero-order valence-corrected chi connectivity index (χ0v) is 13.1. The van der Waals surface area contributed by atoms with Gasteiger partial charge >= 0.3 is 17.9 Å². The Labute approximate surface area is 145 Å². The van der Waals surface area contributed by atoms with Crippen LogP contribution in [0.15, 0.2) is 42.5 Å². The second-order valence-corrected chi connectivity index (χ2v) is 5.15. The average Bonchev–Trinajstić information content (AvgIpc) is 2.56. The number of amides is 3. The number of hydrogen-bond acceptors (Lipinski definition) is 4. The first-order valence-electron chi connectivity index (χ1n) is 6.73. The lowest BCUT2D eigenvalue weighted by Crippen LogP contribution is -2.39. The number of carboxylic acid groups (broad SMARTS) is 1. The molecule has 0 aliphatic carbocycles. The van der Waals surface area contributed by atoms with Gasteiger partial charge in [-0.15, -0.1) is 0 Å². The van der Waals surface area contributed by atoms with E-state index in [-0.39, 0.29) is 21.8 Å². The third-order valence-electron chi connectivity index (χ3n) is 3.01. The van der Waals surface area contributed by atoms with Gasteiger partial charge in [-0.25, -0.2) is 14.0 Å². The van der Waals surface area contributed by atoms with Crippen molar-refractivity contribution in [1.29, 1.82) is 0 Å². The van der Waals surface area contributed by atoms with Gasteiger partial charge in [0.05, 0.1) is 11.3 Å². The Bertz CT molecular complexity index is 885. The van der Waals surface area contributed by atoms with Gasteiger partial charge in [0.25, 0.3) is 0 Å². The molecule has 7 nitrogen and oxygen atoms in total. The molecule has 2 aromatic carbocycles. The minimum atomic E-state index is -1.85. The molecule has 0 atom stereocenters. The van der Waals surface area contributed by atoms with Crippen molar-refractivity contribution in [2.24, 2.45) is 0 Å². The summed E-state index contributed by atoms with van der Waals surface area (Å²) in [6.07, 6.45) is 0. The molecule has 128 valence electrons. The fourth-order valence-electron chi connectivity index (χ4n) is 1.91. The van der Waals surface area contributed by atoms with Crippen LogP contribution in [0.1, 0.15) is 15.9 Å². The van der Waals surface area contributed by atoms with Gasteiger partial charge in [-0.05, 0) is 30.3 Å². The fourth-order valence-corrected chi connectivity index (χ4v) is 2.09. The number of ketones is 1. The minimum absolute atomic E-state index is 0.0756. The van der Waals surface area contributed by atoms with Crippen LogP contribution in [0.25, 0.3) is 0 Å². The van der Waals surface area contributed by atoms with E-state index in [0.29, 0.717) is 0 Å². The topological polar surface area (TPSA) is 113 Å². The van der Waals surface area contributed by atoms with Crippen LogP contribution in [-0.4, -0.2) is 28.8 Å². The third kappa shape index (κ3) is 4.39. The van der Waals surface area contributed by atoms with Gasteiger partial charge < -0.3 is 10.4 Å². The highest BCUT2D eigenvalue weighted by Crippen LogP contribution is 2.24. The van der Waals surface area contributed by atoms with E-state index in [2.05, 4.69) is 5.32 Å². The second-order valence-electron chi connectivity index (χ2n) is 4.71. The quantitative estimate of drug-likeness (QED) is 0.572. The Balaban J connectivity index is 2.33. The maximum absolute atomic E-state index is 13.8. The van der Waals surface area contributed by atoms with Gasteiger partial charge in [-0.1, -0.05) is 23.7 Å². The third-order valence-corrected chi connectivity index (χ3v) is 3.25. The van der Waals surface area contributed by atoms with E-state index in [1.807, 2.05) is 0 Å². The number of aliphatic carboxylic acids is 1. The van der Waals surface area contributed by atoms with E-state index in [4.69, 9.17) is 16.7 Å². The van der Waals surface area contributed by atoms with Crippen LogP contribution >= 0.6 is 11.6 Å². The number of rotatable bonds is 3. The molecule has 0 aromatic heterocycles. The summed E-state index contributed by atoms with van der Waals surface area (Å²) >= 11 is 5.84. The van der Waals surface area contributed by atoms with Gasteiger partial charge in [0, 0.05) is 10.6 Å². The van der Waals surface area contributed by atoms with Crippen molar-refractivity contribution in [3.05, 3.63) is 64.4 Å². The summed E-state index contributed by atoms with van der Waals surface area (Å²) in [6.45, 7) is 0. The fraction of sp³-hybridized carbons (Fsp3) is 0. The summed E-state index contributed by atoms with van der Waals surface area (Å²) < 4.78 is 13.8. The summed E-state index contributed by atoms with van der Waals surface area (Å²) in [5.41, 5.74) is -0.446. The van der Waals surface area contributed by atoms with E-state index in [1.165, 1.54) is 36.4 Å². The Hall–Kier alpha value is -3.26. The van der Waals surface area contributed by atoms with Crippen molar-refractivity contribution in [2.45, 2.75) is 0 Å². The smallest absolute Gasteiger partial charge is 0.394 e. The number of carbonyl (C=O) groups excluding carboxylic acids is 3. The van der Waals surface area contributed by atoms with Crippen LogP contribution in [0.4, 0.5) is 14.9 Å². The number of hydrogen-bond donors (Lipinski definition) is 3. The predicted octanol–water partition coefficient (Wildman–Crippen LogP) is 2.44. The summed E-state index contributed by atoms with van der Waals surface area (Å²) in [7, 11) is 0. The molecule has 25 heavy (non-hydrogen) atoms. The molecular formula is C16H10ClFN2O5. The number of anilines is 1. The molecule has 0 saturated carbocycles. The Morgan fingerprint density at radius 3 is 2.32 bits per heavy atom. The van der Waals surface area contributed by atoms with Gasteiger partial charge in [0.2, 0.25) is 0 Å². The summed E-state index contributed by atoms with van der Waals surface area (Å²) in [5.74, 6) is -4.91. The Morgan fingerprint density at radius 1 is 1.00 bits per heavy atom. The van der Waals surface area contributed by atoms with Crippen LogP contribution in [0.3, 0.4) is 0 Å². The maximum Gasteiger partial charge on any atom is 0.394 e. The summed E-state index contributed by atoms with van der Waals surface area (Å²) in [4.78, 5) is 45.6. The highest BCUT2D eigenvalue weighted by Gasteiger charge is 2.20. The first-order valence-corrected chi connectivity index (χ1v) is 7.11. The number of carbonyl (C=O) groups is 4. The zero-order chi connectivity index (χ0) is 18.6. The molecule has 0 heterocycles. The first kappa shape index (κ1) is 18.1. The SMILES string of the molecule is O=C(NC(=O)C(=O)O)Nc1ccc(Cl)cc1C(=O)c1ccccc1F. The molecule has 0 spiro atoms. The highest BCUT2D eigenvalue weighted by atomic mass is 35.5. The molecule has 0 unspecified atom stereocenters.